The summed E-state index contributed by atoms with van der Waals surface area (Å²) in [5.74, 6) is -1.26. The SMILES string of the molecule is NC(=O)c1cc(F)c(NCc2ccncc2)nc1Nc1ccc2ncccc2c1. The zero-order chi connectivity index (χ0) is 20.2. The number of nitrogens with one attached hydrogen (secondary N) is 2. The molecule has 3 heterocycles. The van der Waals surface area contributed by atoms with Crippen molar-refractivity contribution < 1.29 is 9.18 Å². The Bertz CT molecular complexity index is 1180. The lowest BCUT2D eigenvalue weighted by Gasteiger charge is -2.14. The highest BCUT2D eigenvalue weighted by Crippen LogP contribution is 2.25. The van der Waals surface area contributed by atoms with Crippen molar-refractivity contribution in [2.75, 3.05) is 10.6 Å². The number of pyridine rings is 3. The summed E-state index contributed by atoms with van der Waals surface area (Å²) >= 11 is 0. The summed E-state index contributed by atoms with van der Waals surface area (Å²) in [7, 11) is 0. The Kier molecular flexibility index (Phi) is 4.98. The molecule has 0 saturated carbocycles. The van der Waals surface area contributed by atoms with E-state index in [-0.39, 0.29) is 17.2 Å². The normalized spacial score (nSPS) is 10.7. The van der Waals surface area contributed by atoms with Gasteiger partial charge in [-0.05, 0) is 48.0 Å². The van der Waals surface area contributed by atoms with Gasteiger partial charge in [-0.15, -0.1) is 0 Å². The van der Waals surface area contributed by atoms with Crippen LogP contribution in [0, 0.1) is 5.82 Å². The van der Waals surface area contributed by atoms with Crippen LogP contribution in [-0.2, 0) is 6.54 Å². The fourth-order valence-corrected chi connectivity index (χ4v) is 2.87. The minimum absolute atomic E-state index is 0.0109. The lowest BCUT2D eigenvalue weighted by Crippen LogP contribution is -2.16. The Morgan fingerprint density at radius 1 is 1.03 bits per heavy atom. The number of nitrogens with two attached hydrogens (primary N) is 1. The molecule has 0 unspecified atom stereocenters. The Labute approximate surface area is 165 Å². The van der Waals surface area contributed by atoms with Crippen LogP contribution in [-0.4, -0.2) is 20.9 Å². The molecule has 0 aliphatic carbocycles. The molecule has 1 amide bonds. The zero-order valence-corrected chi connectivity index (χ0v) is 15.3. The van der Waals surface area contributed by atoms with Crippen molar-refractivity contribution in [3.63, 3.8) is 0 Å². The number of rotatable bonds is 6. The standard InChI is InChI=1S/C21H17FN6O/c22-17-11-16(19(23)29)20(28-21(17)26-12-13-5-8-24-9-6-13)27-15-3-4-18-14(10-15)2-1-7-25-18/h1-11H,12H2,(H2,23,29)(H2,26,27,28). The van der Waals surface area contributed by atoms with Gasteiger partial charge in [0.25, 0.3) is 5.91 Å². The maximum atomic E-state index is 14.5. The van der Waals surface area contributed by atoms with Crippen LogP contribution in [0.3, 0.4) is 0 Å². The molecule has 1 aromatic carbocycles. The van der Waals surface area contributed by atoms with E-state index in [9.17, 15) is 9.18 Å². The van der Waals surface area contributed by atoms with Gasteiger partial charge in [0.2, 0.25) is 0 Å². The summed E-state index contributed by atoms with van der Waals surface area (Å²) in [6.45, 7) is 0.351. The third-order valence-electron chi connectivity index (χ3n) is 4.32. The predicted octanol–water partition coefficient (Wildman–Crippen LogP) is 3.62. The van der Waals surface area contributed by atoms with E-state index in [0.29, 0.717) is 12.2 Å². The monoisotopic (exact) mass is 388 g/mol. The number of aromatic nitrogens is 3. The van der Waals surface area contributed by atoms with Gasteiger partial charge in [0.05, 0.1) is 11.1 Å². The average molecular weight is 388 g/mol. The van der Waals surface area contributed by atoms with Crippen molar-refractivity contribution in [2.24, 2.45) is 5.73 Å². The molecule has 0 aliphatic rings. The van der Waals surface area contributed by atoms with Crippen molar-refractivity contribution in [2.45, 2.75) is 6.54 Å². The van der Waals surface area contributed by atoms with Gasteiger partial charge in [0.15, 0.2) is 11.6 Å². The lowest BCUT2D eigenvalue weighted by molar-refractivity contribution is 0.100. The van der Waals surface area contributed by atoms with Crippen LogP contribution in [0.25, 0.3) is 10.9 Å². The molecule has 0 radical (unpaired) electrons. The third-order valence-corrected chi connectivity index (χ3v) is 4.32. The number of fused-ring (bicyclic) bond motifs is 1. The molecule has 0 saturated heterocycles. The third kappa shape index (κ3) is 4.11. The molecule has 0 bridgehead atoms. The van der Waals surface area contributed by atoms with E-state index in [1.54, 1.807) is 24.7 Å². The second-order valence-electron chi connectivity index (χ2n) is 6.32. The molecule has 0 atom stereocenters. The minimum Gasteiger partial charge on any atom is -0.365 e. The van der Waals surface area contributed by atoms with Gasteiger partial charge in [0.1, 0.15) is 5.82 Å². The molecular formula is C21H17FN6O. The van der Waals surface area contributed by atoms with E-state index in [1.807, 2.05) is 36.4 Å². The van der Waals surface area contributed by atoms with E-state index in [4.69, 9.17) is 5.73 Å². The Morgan fingerprint density at radius 3 is 2.66 bits per heavy atom. The zero-order valence-electron chi connectivity index (χ0n) is 15.3. The molecular weight excluding hydrogens is 371 g/mol. The van der Waals surface area contributed by atoms with Gasteiger partial charge in [-0.3, -0.25) is 14.8 Å². The van der Waals surface area contributed by atoms with Gasteiger partial charge in [-0.1, -0.05) is 6.07 Å². The highest BCUT2D eigenvalue weighted by Gasteiger charge is 2.16. The van der Waals surface area contributed by atoms with E-state index in [1.165, 1.54) is 0 Å². The van der Waals surface area contributed by atoms with Crippen molar-refractivity contribution in [1.29, 1.82) is 0 Å². The molecule has 3 aromatic heterocycles. The number of primary amides is 1. The van der Waals surface area contributed by atoms with Crippen molar-refractivity contribution in [3.8, 4) is 0 Å². The van der Waals surface area contributed by atoms with E-state index in [2.05, 4.69) is 25.6 Å². The van der Waals surface area contributed by atoms with Crippen LogP contribution < -0.4 is 16.4 Å². The smallest absolute Gasteiger partial charge is 0.252 e. The maximum absolute atomic E-state index is 14.5. The molecule has 4 N–H and O–H groups in total. The van der Waals surface area contributed by atoms with Crippen molar-refractivity contribution in [3.05, 3.63) is 84.1 Å². The van der Waals surface area contributed by atoms with Gasteiger partial charge in [-0.25, -0.2) is 9.37 Å². The largest absolute Gasteiger partial charge is 0.365 e. The van der Waals surface area contributed by atoms with Crippen LogP contribution in [0.5, 0.6) is 0 Å². The van der Waals surface area contributed by atoms with Crippen molar-refractivity contribution in [1.82, 2.24) is 15.0 Å². The number of amides is 1. The van der Waals surface area contributed by atoms with Crippen LogP contribution in [0.2, 0.25) is 0 Å². The second kappa shape index (κ2) is 7.89. The molecule has 29 heavy (non-hydrogen) atoms. The van der Waals surface area contributed by atoms with Gasteiger partial charge >= 0.3 is 0 Å². The number of benzene rings is 1. The maximum Gasteiger partial charge on any atom is 0.252 e. The summed E-state index contributed by atoms with van der Waals surface area (Å²) in [6, 6.07) is 14.0. The number of nitrogens with zero attached hydrogens (tertiary/aromatic N) is 3. The van der Waals surface area contributed by atoms with E-state index in [0.717, 1.165) is 22.5 Å². The first-order valence-corrected chi connectivity index (χ1v) is 8.85. The van der Waals surface area contributed by atoms with Crippen molar-refractivity contribution >= 4 is 34.1 Å². The van der Waals surface area contributed by atoms with Crippen LogP contribution in [0.15, 0.2) is 67.1 Å². The summed E-state index contributed by atoms with van der Waals surface area (Å²) < 4.78 is 14.5. The Hall–Kier alpha value is -4.07. The first-order valence-electron chi connectivity index (χ1n) is 8.85. The highest BCUT2D eigenvalue weighted by atomic mass is 19.1. The number of halogens is 1. The molecule has 0 spiro atoms. The van der Waals surface area contributed by atoms with Gasteiger partial charge in [-0.2, -0.15) is 0 Å². The van der Waals surface area contributed by atoms with Crippen LogP contribution in [0.4, 0.5) is 21.7 Å². The quantitative estimate of drug-likeness (QED) is 0.466. The average Bonchev–Trinajstić information content (AvgIpc) is 2.74. The van der Waals surface area contributed by atoms with E-state index < -0.39 is 11.7 Å². The fourth-order valence-electron chi connectivity index (χ4n) is 2.87. The fraction of sp³-hybridized carbons (Fsp3) is 0.0476. The second-order valence-corrected chi connectivity index (χ2v) is 6.32. The van der Waals surface area contributed by atoms with E-state index >= 15 is 0 Å². The number of anilines is 3. The first kappa shape index (κ1) is 18.3. The number of hydrogen-bond acceptors (Lipinski definition) is 6. The number of carbonyl (C=O) groups is 1. The summed E-state index contributed by atoms with van der Waals surface area (Å²) in [5, 5.41) is 6.90. The highest BCUT2D eigenvalue weighted by molar-refractivity contribution is 5.99. The number of carbonyl (C=O) groups excluding carboxylic acids is 1. The molecule has 144 valence electrons. The molecule has 0 aliphatic heterocycles. The summed E-state index contributed by atoms with van der Waals surface area (Å²) in [6.07, 6.45) is 5.01. The molecule has 4 aromatic rings. The summed E-state index contributed by atoms with van der Waals surface area (Å²) in [4.78, 5) is 24.3. The first-order chi connectivity index (χ1) is 14.1. The molecule has 8 heteroatoms. The predicted molar refractivity (Wildman–Crippen MR) is 109 cm³/mol. The Morgan fingerprint density at radius 2 is 1.86 bits per heavy atom. The van der Waals surface area contributed by atoms with Gasteiger partial charge < -0.3 is 16.4 Å². The Balaban J connectivity index is 1.65. The van der Waals surface area contributed by atoms with Crippen LogP contribution in [0.1, 0.15) is 15.9 Å². The van der Waals surface area contributed by atoms with Gasteiger partial charge in [0, 0.05) is 36.2 Å². The number of hydrogen-bond donors (Lipinski definition) is 3. The molecule has 7 nitrogen and oxygen atoms in total. The summed E-state index contributed by atoms with van der Waals surface area (Å²) in [5.41, 5.74) is 7.80. The molecule has 0 fully saturated rings. The lowest BCUT2D eigenvalue weighted by atomic mass is 10.2. The minimum atomic E-state index is -0.776. The molecule has 4 rings (SSSR count). The van der Waals surface area contributed by atoms with Crippen LogP contribution >= 0.6 is 0 Å². The topological polar surface area (TPSA) is 106 Å².